The first-order valence-electron chi connectivity index (χ1n) is 5.25. The topological polar surface area (TPSA) is 38.1 Å². The zero-order valence-corrected chi connectivity index (χ0v) is 10.9. The highest BCUT2D eigenvalue weighted by molar-refractivity contribution is 9.10. The van der Waals surface area contributed by atoms with Gasteiger partial charge in [-0.2, -0.15) is 0 Å². The first kappa shape index (κ1) is 12.3. The monoisotopic (exact) mass is 298 g/mol. The molecule has 0 spiro atoms. The zero-order valence-electron chi connectivity index (χ0n) is 9.34. The Kier molecular flexibility index (Phi) is 3.91. The average molecular weight is 299 g/mol. The second-order valence-corrected chi connectivity index (χ2v) is 4.45. The molecule has 0 aliphatic rings. The van der Waals surface area contributed by atoms with Crippen LogP contribution in [0.1, 0.15) is 5.89 Å². The lowest BCUT2D eigenvalue weighted by atomic mass is 10.2. The van der Waals surface area contributed by atoms with Crippen molar-refractivity contribution >= 4 is 15.9 Å². The predicted molar refractivity (Wildman–Crippen MR) is 67.2 cm³/mol. The van der Waals surface area contributed by atoms with Crippen LogP contribution in [0.3, 0.4) is 0 Å². The Morgan fingerprint density at radius 2 is 2.29 bits per heavy atom. The van der Waals surface area contributed by atoms with Crippen molar-refractivity contribution in [1.82, 2.24) is 10.3 Å². The number of nitrogens with zero attached hydrogens (tertiary/aromatic N) is 1. The maximum absolute atomic E-state index is 13.0. The van der Waals surface area contributed by atoms with Gasteiger partial charge >= 0.3 is 0 Å². The van der Waals surface area contributed by atoms with Crippen LogP contribution in [-0.2, 0) is 6.42 Å². The molecule has 2 aromatic rings. The second kappa shape index (κ2) is 5.42. The highest BCUT2D eigenvalue weighted by atomic mass is 79.9. The van der Waals surface area contributed by atoms with Crippen LogP contribution in [0.4, 0.5) is 4.39 Å². The van der Waals surface area contributed by atoms with Crippen molar-refractivity contribution < 1.29 is 8.81 Å². The first-order chi connectivity index (χ1) is 8.20. The highest BCUT2D eigenvalue weighted by Crippen LogP contribution is 2.29. The number of oxazole rings is 1. The third-order valence-electron chi connectivity index (χ3n) is 2.34. The van der Waals surface area contributed by atoms with E-state index in [4.69, 9.17) is 4.42 Å². The van der Waals surface area contributed by atoms with Gasteiger partial charge in [-0.3, -0.25) is 0 Å². The normalized spacial score (nSPS) is 10.8. The fourth-order valence-electron chi connectivity index (χ4n) is 1.47. The summed E-state index contributed by atoms with van der Waals surface area (Å²) in [5.41, 5.74) is 0.801. The minimum absolute atomic E-state index is 0.282. The quantitative estimate of drug-likeness (QED) is 0.943. The van der Waals surface area contributed by atoms with E-state index in [-0.39, 0.29) is 5.82 Å². The highest BCUT2D eigenvalue weighted by Gasteiger charge is 2.10. The molecule has 1 aromatic heterocycles. The molecule has 0 radical (unpaired) electrons. The van der Waals surface area contributed by atoms with Crippen molar-refractivity contribution in [3.8, 4) is 11.3 Å². The average Bonchev–Trinajstić information content (AvgIpc) is 2.75. The minimum atomic E-state index is -0.282. The summed E-state index contributed by atoms with van der Waals surface area (Å²) < 4.78 is 19.2. The van der Waals surface area contributed by atoms with Crippen molar-refractivity contribution in [2.45, 2.75) is 6.42 Å². The molecule has 0 unspecified atom stereocenters. The van der Waals surface area contributed by atoms with Gasteiger partial charge in [-0.1, -0.05) is 0 Å². The van der Waals surface area contributed by atoms with Crippen LogP contribution in [0.15, 0.2) is 33.3 Å². The number of benzene rings is 1. The predicted octanol–water partition coefficient (Wildman–Crippen LogP) is 3.01. The summed E-state index contributed by atoms with van der Waals surface area (Å²) in [6.07, 6.45) is 2.39. The Morgan fingerprint density at radius 3 is 3.00 bits per heavy atom. The van der Waals surface area contributed by atoms with Gasteiger partial charge in [-0.25, -0.2) is 9.37 Å². The molecule has 0 aliphatic heterocycles. The van der Waals surface area contributed by atoms with Crippen LogP contribution < -0.4 is 5.32 Å². The minimum Gasteiger partial charge on any atom is -0.441 e. The Hall–Kier alpha value is -1.20. The van der Waals surface area contributed by atoms with Gasteiger partial charge in [-0.15, -0.1) is 0 Å². The molecular weight excluding hydrogens is 287 g/mol. The summed E-state index contributed by atoms with van der Waals surface area (Å²) in [5.74, 6) is 1.03. The molecule has 2 rings (SSSR count). The van der Waals surface area contributed by atoms with Crippen molar-refractivity contribution in [3.05, 3.63) is 40.6 Å². The van der Waals surface area contributed by atoms with Gasteiger partial charge in [-0.05, 0) is 41.2 Å². The fourth-order valence-corrected chi connectivity index (χ4v) is 2.02. The van der Waals surface area contributed by atoms with E-state index in [9.17, 15) is 4.39 Å². The number of hydrogen-bond donors (Lipinski definition) is 1. The van der Waals surface area contributed by atoms with E-state index in [1.807, 2.05) is 7.05 Å². The number of aromatic nitrogens is 1. The van der Waals surface area contributed by atoms with Gasteiger partial charge in [0, 0.05) is 23.0 Å². The SMILES string of the molecule is CNCCc1ncc(-c2ccc(F)cc2Br)o1. The molecule has 0 amide bonds. The van der Waals surface area contributed by atoms with Crippen LogP contribution in [-0.4, -0.2) is 18.6 Å². The molecule has 0 saturated carbocycles. The van der Waals surface area contributed by atoms with Crippen molar-refractivity contribution in [3.63, 3.8) is 0 Å². The third-order valence-corrected chi connectivity index (χ3v) is 3.00. The molecule has 0 saturated heterocycles. The molecule has 1 aromatic carbocycles. The number of halogens is 2. The maximum Gasteiger partial charge on any atom is 0.196 e. The van der Waals surface area contributed by atoms with Crippen LogP contribution >= 0.6 is 15.9 Å². The summed E-state index contributed by atoms with van der Waals surface area (Å²) in [5, 5.41) is 3.03. The van der Waals surface area contributed by atoms with Gasteiger partial charge in [0.1, 0.15) is 5.82 Å². The van der Waals surface area contributed by atoms with Crippen LogP contribution in [0.5, 0.6) is 0 Å². The first-order valence-corrected chi connectivity index (χ1v) is 6.04. The molecule has 0 fully saturated rings. The third kappa shape index (κ3) is 2.92. The summed E-state index contributed by atoms with van der Waals surface area (Å²) >= 11 is 3.31. The van der Waals surface area contributed by atoms with E-state index < -0.39 is 0 Å². The smallest absolute Gasteiger partial charge is 0.196 e. The molecule has 1 heterocycles. The van der Waals surface area contributed by atoms with Crippen molar-refractivity contribution in [1.29, 1.82) is 0 Å². The molecule has 1 N–H and O–H groups in total. The Balaban J connectivity index is 2.24. The molecular formula is C12H12BrFN2O. The Bertz CT molecular complexity index is 513. The van der Waals surface area contributed by atoms with E-state index in [0.29, 0.717) is 16.1 Å². The van der Waals surface area contributed by atoms with Crippen molar-refractivity contribution in [2.24, 2.45) is 0 Å². The Labute approximate surface area is 107 Å². The summed E-state index contributed by atoms with van der Waals surface area (Å²) in [6, 6.07) is 4.47. The van der Waals surface area contributed by atoms with Crippen LogP contribution in [0.2, 0.25) is 0 Å². The van der Waals surface area contributed by atoms with E-state index in [1.165, 1.54) is 12.1 Å². The zero-order chi connectivity index (χ0) is 12.3. The maximum atomic E-state index is 13.0. The molecule has 0 atom stereocenters. The Morgan fingerprint density at radius 1 is 1.47 bits per heavy atom. The van der Waals surface area contributed by atoms with E-state index in [1.54, 1.807) is 12.3 Å². The van der Waals surface area contributed by atoms with Gasteiger partial charge in [0.15, 0.2) is 11.7 Å². The lowest BCUT2D eigenvalue weighted by Crippen LogP contribution is -2.10. The number of hydrogen-bond acceptors (Lipinski definition) is 3. The van der Waals surface area contributed by atoms with Gasteiger partial charge in [0.2, 0.25) is 0 Å². The molecule has 0 bridgehead atoms. The van der Waals surface area contributed by atoms with Gasteiger partial charge in [0.05, 0.1) is 6.20 Å². The summed E-state index contributed by atoms with van der Waals surface area (Å²) in [7, 11) is 1.88. The van der Waals surface area contributed by atoms with Crippen molar-refractivity contribution in [2.75, 3.05) is 13.6 Å². The van der Waals surface area contributed by atoms with Gasteiger partial charge in [0.25, 0.3) is 0 Å². The van der Waals surface area contributed by atoms with Gasteiger partial charge < -0.3 is 9.73 Å². The molecule has 3 nitrogen and oxygen atoms in total. The number of likely N-dealkylation sites (N-methyl/N-ethyl adjacent to an activating group) is 1. The molecule has 5 heteroatoms. The summed E-state index contributed by atoms with van der Waals surface area (Å²) in [4.78, 5) is 4.17. The number of nitrogens with one attached hydrogen (secondary N) is 1. The number of rotatable bonds is 4. The van der Waals surface area contributed by atoms with E-state index in [0.717, 1.165) is 18.5 Å². The largest absolute Gasteiger partial charge is 0.441 e. The molecule has 17 heavy (non-hydrogen) atoms. The van der Waals surface area contributed by atoms with E-state index >= 15 is 0 Å². The summed E-state index contributed by atoms with van der Waals surface area (Å²) in [6.45, 7) is 0.810. The lowest BCUT2D eigenvalue weighted by Gasteiger charge is -2.00. The van der Waals surface area contributed by atoms with Crippen LogP contribution in [0.25, 0.3) is 11.3 Å². The standard InChI is InChI=1S/C12H12BrFN2O/c1-15-5-4-12-16-7-11(17-12)9-3-2-8(14)6-10(9)13/h2-3,6-7,15H,4-5H2,1H3. The lowest BCUT2D eigenvalue weighted by molar-refractivity contribution is 0.500. The second-order valence-electron chi connectivity index (χ2n) is 3.60. The molecule has 90 valence electrons. The van der Waals surface area contributed by atoms with Crippen LogP contribution in [0, 0.1) is 5.82 Å². The van der Waals surface area contributed by atoms with E-state index in [2.05, 4.69) is 26.2 Å². The molecule has 0 aliphatic carbocycles. The fraction of sp³-hybridized carbons (Fsp3) is 0.250.